The number of benzene rings is 2. The third kappa shape index (κ3) is 4.03. The first-order chi connectivity index (χ1) is 9.49. The van der Waals surface area contributed by atoms with Gasteiger partial charge in [0, 0.05) is 14.5 Å². The largest absolute Gasteiger partial charge is 0.293 e. The fourth-order valence-electron chi connectivity index (χ4n) is 1.75. The highest BCUT2D eigenvalue weighted by molar-refractivity contribution is 9.12. The summed E-state index contributed by atoms with van der Waals surface area (Å²) in [6.07, 6.45) is 0. The molecular formula is C15H10Br4O. The Labute approximate surface area is 151 Å². The molecule has 0 aliphatic heterocycles. The molecule has 20 heavy (non-hydrogen) atoms. The molecule has 0 aliphatic carbocycles. The normalized spacial score (nSPS) is 13.8. The number of Topliss-reactive ketones (excluding diaryl/α,β-unsaturated/α-hetero) is 1. The number of carbonyl (C=O) groups excluding carboxylic acids is 1. The predicted molar refractivity (Wildman–Crippen MR) is 97.0 cm³/mol. The monoisotopic (exact) mass is 522 g/mol. The van der Waals surface area contributed by atoms with Crippen LogP contribution in [0.1, 0.15) is 20.7 Å². The molecular weight excluding hydrogens is 516 g/mol. The van der Waals surface area contributed by atoms with Gasteiger partial charge in [-0.1, -0.05) is 88.0 Å². The molecule has 1 nitrogen and oxygen atoms in total. The summed E-state index contributed by atoms with van der Waals surface area (Å²) in [5.41, 5.74) is 1.74. The van der Waals surface area contributed by atoms with Crippen molar-refractivity contribution in [2.45, 2.75) is 9.65 Å². The molecule has 0 amide bonds. The van der Waals surface area contributed by atoms with Gasteiger partial charge < -0.3 is 0 Å². The van der Waals surface area contributed by atoms with Crippen molar-refractivity contribution in [1.82, 2.24) is 0 Å². The Kier molecular flexibility index (Phi) is 6.02. The highest BCUT2D eigenvalue weighted by Gasteiger charge is 2.26. The Morgan fingerprint density at radius 1 is 0.900 bits per heavy atom. The summed E-state index contributed by atoms with van der Waals surface area (Å²) in [6.45, 7) is 0. The summed E-state index contributed by atoms with van der Waals surface area (Å²) in [5.74, 6) is 0.0550. The number of rotatable bonds is 4. The third-order valence-corrected chi connectivity index (χ3v) is 6.54. The minimum absolute atomic E-state index is 0.0550. The molecule has 0 fully saturated rings. The van der Waals surface area contributed by atoms with Gasteiger partial charge in [-0.3, -0.25) is 4.79 Å². The molecule has 0 bridgehead atoms. The van der Waals surface area contributed by atoms with Crippen molar-refractivity contribution in [2.24, 2.45) is 0 Å². The highest BCUT2D eigenvalue weighted by atomic mass is 79.9. The summed E-state index contributed by atoms with van der Waals surface area (Å²) in [5, 5.41) is 0. The van der Waals surface area contributed by atoms with Crippen LogP contribution in [0.5, 0.6) is 0 Å². The standard InChI is InChI=1S/C15H10Br4O/c16-11-6-4-9(5-7-11)15(20)14(19)13(18)10-2-1-3-12(17)8-10/h1-8,13-14H/t13-,14+/m1/s1. The van der Waals surface area contributed by atoms with E-state index in [4.69, 9.17) is 0 Å². The van der Waals surface area contributed by atoms with Gasteiger partial charge in [0.25, 0.3) is 0 Å². The van der Waals surface area contributed by atoms with Gasteiger partial charge in [0.15, 0.2) is 5.78 Å². The van der Waals surface area contributed by atoms with Gasteiger partial charge in [-0.2, -0.15) is 0 Å². The second kappa shape index (κ2) is 7.34. The summed E-state index contributed by atoms with van der Waals surface area (Å²) in [6, 6.07) is 15.3. The van der Waals surface area contributed by atoms with Crippen LogP contribution < -0.4 is 0 Å². The number of ketones is 1. The van der Waals surface area contributed by atoms with Crippen molar-refractivity contribution in [3.8, 4) is 0 Å². The zero-order valence-corrected chi connectivity index (χ0v) is 16.5. The zero-order valence-electron chi connectivity index (χ0n) is 10.2. The lowest BCUT2D eigenvalue weighted by Gasteiger charge is -2.16. The van der Waals surface area contributed by atoms with Gasteiger partial charge in [-0.25, -0.2) is 0 Å². The van der Waals surface area contributed by atoms with Crippen LogP contribution in [0.3, 0.4) is 0 Å². The van der Waals surface area contributed by atoms with E-state index >= 15 is 0 Å². The number of halogens is 4. The van der Waals surface area contributed by atoms with Crippen molar-refractivity contribution < 1.29 is 4.79 Å². The Morgan fingerprint density at radius 2 is 1.55 bits per heavy atom. The van der Waals surface area contributed by atoms with E-state index in [1.54, 1.807) is 0 Å². The van der Waals surface area contributed by atoms with Crippen LogP contribution in [0.2, 0.25) is 0 Å². The van der Waals surface area contributed by atoms with Crippen LogP contribution in [0.4, 0.5) is 0 Å². The number of hydrogen-bond acceptors (Lipinski definition) is 1. The average Bonchev–Trinajstić information content (AvgIpc) is 2.46. The molecule has 0 radical (unpaired) electrons. The van der Waals surface area contributed by atoms with E-state index < -0.39 is 0 Å². The van der Waals surface area contributed by atoms with E-state index in [0.717, 1.165) is 14.5 Å². The van der Waals surface area contributed by atoms with E-state index in [9.17, 15) is 4.79 Å². The highest BCUT2D eigenvalue weighted by Crippen LogP contribution is 2.34. The van der Waals surface area contributed by atoms with Gasteiger partial charge in [0.1, 0.15) is 0 Å². The van der Waals surface area contributed by atoms with Crippen molar-refractivity contribution in [3.63, 3.8) is 0 Å². The fraction of sp³-hybridized carbons (Fsp3) is 0.133. The van der Waals surface area contributed by atoms with E-state index in [0.29, 0.717) is 5.56 Å². The van der Waals surface area contributed by atoms with Crippen LogP contribution in [0.15, 0.2) is 57.5 Å². The van der Waals surface area contributed by atoms with Crippen molar-refractivity contribution >= 4 is 69.5 Å². The minimum atomic E-state index is -0.321. The molecule has 2 rings (SSSR count). The minimum Gasteiger partial charge on any atom is -0.293 e. The molecule has 0 saturated carbocycles. The molecule has 5 heteroatoms. The van der Waals surface area contributed by atoms with Crippen molar-refractivity contribution in [3.05, 3.63) is 68.6 Å². The van der Waals surface area contributed by atoms with E-state index in [1.165, 1.54) is 0 Å². The Balaban J connectivity index is 2.20. The maximum absolute atomic E-state index is 12.5. The van der Waals surface area contributed by atoms with Crippen LogP contribution in [0.25, 0.3) is 0 Å². The maximum atomic E-state index is 12.5. The summed E-state index contributed by atoms with van der Waals surface area (Å²) >= 11 is 13.9. The van der Waals surface area contributed by atoms with Gasteiger partial charge in [0.2, 0.25) is 0 Å². The predicted octanol–water partition coefficient (Wildman–Crippen LogP) is 6.29. The van der Waals surface area contributed by atoms with E-state index in [1.807, 2.05) is 48.5 Å². The van der Waals surface area contributed by atoms with Crippen LogP contribution in [0, 0.1) is 0 Å². The molecule has 2 aromatic rings. The summed E-state index contributed by atoms with van der Waals surface area (Å²) in [4.78, 5) is 12.0. The lowest BCUT2D eigenvalue weighted by Crippen LogP contribution is -2.19. The molecule has 0 N–H and O–H groups in total. The van der Waals surface area contributed by atoms with E-state index in [-0.39, 0.29) is 15.4 Å². The molecule has 2 atom stereocenters. The summed E-state index contributed by atoms with van der Waals surface area (Å²) < 4.78 is 1.96. The molecule has 0 aliphatic rings. The lowest BCUT2D eigenvalue weighted by atomic mass is 10.0. The molecule has 104 valence electrons. The van der Waals surface area contributed by atoms with Crippen LogP contribution >= 0.6 is 63.7 Å². The molecule has 0 spiro atoms. The Bertz CT molecular complexity index is 610. The number of carbonyl (C=O) groups is 1. The van der Waals surface area contributed by atoms with Gasteiger partial charge in [0.05, 0.1) is 9.65 Å². The molecule has 0 unspecified atom stereocenters. The zero-order chi connectivity index (χ0) is 14.7. The van der Waals surface area contributed by atoms with Gasteiger partial charge >= 0.3 is 0 Å². The Hall–Kier alpha value is 0.0300. The second-order valence-corrected chi connectivity index (χ2v) is 8.03. The smallest absolute Gasteiger partial charge is 0.177 e. The molecule has 0 aromatic heterocycles. The van der Waals surface area contributed by atoms with Crippen LogP contribution in [-0.4, -0.2) is 10.6 Å². The van der Waals surface area contributed by atoms with Gasteiger partial charge in [-0.15, -0.1) is 0 Å². The average molecular weight is 526 g/mol. The number of hydrogen-bond donors (Lipinski definition) is 0. The van der Waals surface area contributed by atoms with Crippen molar-refractivity contribution in [1.29, 1.82) is 0 Å². The topological polar surface area (TPSA) is 17.1 Å². The molecule has 0 saturated heterocycles. The first kappa shape index (κ1) is 16.4. The fourth-order valence-corrected chi connectivity index (χ4v) is 3.53. The van der Waals surface area contributed by atoms with E-state index in [2.05, 4.69) is 63.7 Å². The second-order valence-electron chi connectivity index (χ2n) is 4.23. The summed E-state index contributed by atoms with van der Waals surface area (Å²) in [7, 11) is 0. The first-order valence-corrected chi connectivity index (χ1v) is 9.24. The maximum Gasteiger partial charge on any atom is 0.177 e. The number of alkyl halides is 2. The lowest BCUT2D eigenvalue weighted by molar-refractivity contribution is 0.0991. The molecule has 0 heterocycles. The SMILES string of the molecule is O=C(c1ccc(Br)cc1)[C@@H](Br)[C@H](Br)c1cccc(Br)c1. The quantitative estimate of drug-likeness (QED) is 0.338. The Morgan fingerprint density at radius 3 is 2.15 bits per heavy atom. The van der Waals surface area contributed by atoms with Gasteiger partial charge in [-0.05, 0) is 29.8 Å². The molecule has 2 aromatic carbocycles. The third-order valence-electron chi connectivity index (χ3n) is 2.80. The first-order valence-electron chi connectivity index (χ1n) is 5.82. The van der Waals surface area contributed by atoms with Crippen LogP contribution in [-0.2, 0) is 0 Å². The van der Waals surface area contributed by atoms with Crippen molar-refractivity contribution in [2.75, 3.05) is 0 Å².